The molecule has 0 radical (unpaired) electrons. The maximum absolute atomic E-state index is 12.6. The molecule has 2 aromatic rings. The lowest BCUT2D eigenvalue weighted by Crippen LogP contribution is -2.41. The lowest BCUT2D eigenvalue weighted by atomic mass is 10.1. The Kier molecular flexibility index (Phi) is 7.24. The first kappa shape index (κ1) is 20.8. The van der Waals surface area contributed by atoms with Crippen molar-refractivity contribution in [2.24, 2.45) is 5.92 Å². The Morgan fingerprint density at radius 2 is 1.67 bits per heavy atom. The van der Waals surface area contributed by atoms with Crippen LogP contribution in [0.4, 0.5) is 4.79 Å². The molecule has 0 aliphatic carbocycles. The Labute approximate surface area is 161 Å². The fraction of sp³-hybridized carbons (Fsp3) is 0.350. The van der Waals surface area contributed by atoms with Crippen LogP contribution >= 0.6 is 0 Å². The molecule has 2 aromatic carbocycles. The van der Waals surface area contributed by atoms with Crippen LogP contribution in [-0.4, -0.2) is 32.1 Å². The molecule has 0 saturated heterocycles. The summed E-state index contributed by atoms with van der Waals surface area (Å²) in [5.74, 6) is 0.575. The molecule has 2 rings (SSSR count). The van der Waals surface area contributed by atoms with Crippen LogP contribution in [0.15, 0.2) is 54.6 Å². The molecule has 6 nitrogen and oxygen atoms in total. The van der Waals surface area contributed by atoms with Crippen LogP contribution in [0, 0.1) is 5.92 Å². The second-order valence-corrected chi connectivity index (χ2v) is 8.42. The van der Waals surface area contributed by atoms with Gasteiger partial charge in [-0.15, -0.1) is 0 Å². The van der Waals surface area contributed by atoms with E-state index >= 15 is 0 Å². The number of hydrogen-bond acceptors (Lipinski definition) is 4. The largest absolute Gasteiger partial charge is 0.383 e. The number of rotatable bonds is 8. The van der Waals surface area contributed by atoms with E-state index in [1.807, 2.05) is 30.3 Å². The zero-order chi connectivity index (χ0) is 19.9. The van der Waals surface area contributed by atoms with Gasteiger partial charge in [0.05, 0.1) is 6.26 Å². The van der Waals surface area contributed by atoms with E-state index in [-0.39, 0.29) is 11.8 Å². The number of benzene rings is 2. The predicted octanol–water partition coefficient (Wildman–Crippen LogP) is 3.39. The van der Waals surface area contributed by atoms with Crippen LogP contribution in [0.1, 0.15) is 25.0 Å². The Balaban J connectivity index is 2.01. The van der Waals surface area contributed by atoms with Crippen molar-refractivity contribution in [1.82, 2.24) is 10.2 Å². The van der Waals surface area contributed by atoms with E-state index in [2.05, 4.69) is 19.2 Å². The van der Waals surface area contributed by atoms with Crippen molar-refractivity contribution in [3.05, 3.63) is 65.7 Å². The third kappa shape index (κ3) is 7.70. The smallest absolute Gasteiger partial charge is 0.317 e. The third-order valence-electron chi connectivity index (χ3n) is 3.70. The van der Waals surface area contributed by atoms with E-state index < -0.39 is 10.1 Å². The quantitative estimate of drug-likeness (QED) is 0.701. The minimum absolute atomic E-state index is 0.135. The summed E-state index contributed by atoms with van der Waals surface area (Å²) in [5, 5.41) is 2.95. The average molecular weight is 391 g/mol. The summed E-state index contributed by atoms with van der Waals surface area (Å²) in [7, 11) is -3.55. The van der Waals surface area contributed by atoms with E-state index in [9.17, 15) is 13.2 Å². The van der Waals surface area contributed by atoms with Crippen molar-refractivity contribution in [2.45, 2.75) is 26.9 Å². The standard InChI is InChI=1S/C20H26N2O4S/c1-16(2)14-22(20(23)21-13-17-7-5-4-6-8-17)15-18-9-11-19(12-10-18)26-27(3,24)25/h4-12,16H,13-15H2,1-3H3,(H,21,23). The molecule has 7 heteroatoms. The summed E-state index contributed by atoms with van der Waals surface area (Å²) < 4.78 is 27.2. The van der Waals surface area contributed by atoms with Crippen molar-refractivity contribution in [3.8, 4) is 5.75 Å². The molecule has 146 valence electrons. The topological polar surface area (TPSA) is 75.7 Å². The molecule has 0 heterocycles. The fourth-order valence-corrected chi connectivity index (χ4v) is 3.05. The molecule has 0 aromatic heterocycles. The Bertz CT molecular complexity index is 834. The number of carbonyl (C=O) groups is 1. The van der Waals surface area contributed by atoms with Gasteiger partial charge in [0, 0.05) is 19.6 Å². The molecule has 0 aliphatic heterocycles. The number of carbonyl (C=O) groups excluding carboxylic acids is 1. The van der Waals surface area contributed by atoms with Gasteiger partial charge in [0.1, 0.15) is 5.75 Å². The second kappa shape index (κ2) is 9.41. The SMILES string of the molecule is CC(C)CN(Cc1ccc(OS(C)(=O)=O)cc1)C(=O)NCc1ccccc1. The summed E-state index contributed by atoms with van der Waals surface area (Å²) in [4.78, 5) is 14.4. The van der Waals surface area contributed by atoms with E-state index in [0.717, 1.165) is 17.4 Å². The summed E-state index contributed by atoms with van der Waals surface area (Å²) in [6.07, 6.45) is 1.00. The molecule has 0 bridgehead atoms. The summed E-state index contributed by atoms with van der Waals surface area (Å²) in [6.45, 7) is 5.62. The zero-order valence-corrected chi connectivity index (χ0v) is 16.7. The van der Waals surface area contributed by atoms with Gasteiger partial charge >= 0.3 is 16.1 Å². The fourth-order valence-electron chi connectivity index (χ4n) is 2.59. The van der Waals surface area contributed by atoms with E-state index in [0.29, 0.717) is 25.6 Å². The van der Waals surface area contributed by atoms with Gasteiger partial charge in [0.25, 0.3) is 0 Å². The highest BCUT2D eigenvalue weighted by Gasteiger charge is 2.15. The Hall–Kier alpha value is -2.54. The first-order valence-electron chi connectivity index (χ1n) is 8.78. The van der Waals surface area contributed by atoms with Gasteiger partial charge in [-0.2, -0.15) is 8.42 Å². The van der Waals surface area contributed by atoms with Crippen LogP contribution in [-0.2, 0) is 23.2 Å². The van der Waals surface area contributed by atoms with Crippen molar-refractivity contribution in [3.63, 3.8) is 0 Å². The van der Waals surface area contributed by atoms with Gasteiger partial charge in [-0.05, 0) is 29.2 Å². The second-order valence-electron chi connectivity index (χ2n) is 6.85. The maximum atomic E-state index is 12.6. The van der Waals surface area contributed by atoms with Crippen LogP contribution < -0.4 is 9.50 Å². The van der Waals surface area contributed by atoms with Gasteiger partial charge in [-0.1, -0.05) is 56.3 Å². The number of nitrogens with zero attached hydrogens (tertiary/aromatic N) is 1. The average Bonchev–Trinajstić information content (AvgIpc) is 2.60. The predicted molar refractivity (Wildman–Crippen MR) is 106 cm³/mol. The van der Waals surface area contributed by atoms with E-state index in [4.69, 9.17) is 4.18 Å². The molecule has 0 fully saturated rings. The zero-order valence-electron chi connectivity index (χ0n) is 15.9. The van der Waals surface area contributed by atoms with Crippen molar-refractivity contribution in [2.75, 3.05) is 12.8 Å². The lowest BCUT2D eigenvalue weighted by Gasteiger charge is -2.25. The molecule has 0 spiro atoms. The van der Waals surface area contributed by atoms with Gasteiger partial charge < -0.3 is 14.4 Å². The normalized spacial score (nSPS) is 11.3. The Morgan fingerprint density at radius 1 is 1.04 bits per heavy atom. The third-order valence-corrected chi connectivity index (χ3v) is 4.20. The van der Waals surface area contributed by atoms with E-state index in [1.165, 1.54) is 0 Å². The molecule has 1 N–H and O–H groups in total. The highest BCUT2D eigenvalue weighted by Crippen LogP contribution is 2.16. The van der Waals surface area contributed by atoms with Crippen LogP contribution in [0.3, 0.4) is 0 Å². The van der Waals surface area contributed by atoms with Crippen LogP contribution in [0.25, 0.3) is 0 Å². The molecule has 2 amide bonds. The number of hydrogen-bond donors (Lipinski definition) is 1. The first-order valence-corrected chi connectivity index (χ1v) is 10.6. The molecular formula is C20H26N2O4S. The van der Waals surface area contributed by atoms with Gasteiger partial charge in [0.15, 0.2) is 0 Å². The minimum atomic E-state index is -3.55. The van der Waals surface area contributed by atoms with Crippen molar-refractivity contribution in [1.29, 1.82) is 0 Å². The highest BCUT2D eigenvalue weighted by atomic mass is 32.2. The monoisotopic (exact) mass is 390 g/mol. The molecule has 0 atom stereocenters. The van der Waals surface area contributed by atoms with E-state index in [1.54, 1.807) is 29.2 Å². The number of amides is 2. The highest BCUT2D eigenvalue weighted by molar-refractivity contribution is 7.86. The van der Waals surface area contributed by atoms with Crippen molar-refractivity contribution < 1.29 is 17.4 Å². The van der Waals surface area contributed by atoms with Gasteiger partial charge in [-0.3, -0.25) is 0 Å². The van der Waals surface area contributed by atoms with Crippen LogP contribution in [0.2, 0.25) is 0 Å². The maximum Gasteiger partial charge on any atom is 0.317 e. The first-order chi connectivity index (χ1) is 12.7. The lowest BCUT2D eigenvalue weighted by molar-refractivity contribution is 0.187. The molecular weight excluding hydrogens is 364 g/mol. The summed E-state index contributed by atoms with van der Waals surface area (Å²) in [5.41, 5.74) is 1.93. The minimum Gasteiger partial charge on any atom is -0.383 e. The number of urea groups is 1. The van der Waals surface area contributed by atoms with Gasteiger partial charge in [0.2, 0.25) is 0 Å². The number of nitrogens with one attached hydrogen (secondary N) is 1. The molecule has 0 aliphatic rings. The molecule has 0 saturated carbocycles. The summed E-state index contributed by atoms with van der Waals surface area (Å²) in [6, 6.07) is 16.3. The van der Waals surface area contributed by atoms with Crippen molar-refractivity contribution >= 4 is 16.1 Å². The Morgan fingerprint density at radius 3 is 2.22 bits per heavy atom. The molecule has 27 heavy (non-hydrogen) atoms. The summed E-state index contributed by atoms with van der Waals surface area (Å²) >= 11 is 0. The van der Waals surface area contributed by atoms with Crippen LogP contribution in [0.5, 0.6) is 5.75 Å². The molecule has 0 unspecified atom stereocenters. The van der Waals surface area contributed by atoms with Gasteiger partial charge in [-0.25, -0.2) is 4.79 Å².